The lowest BCUT2D eigenvalue weighted by Crippen LogP contribution is -2.08. The first-order valence-electron chi connectivity index (χ1n) is 2.97. The third-order valence-electron chi connectivity index (χ3n) is 0.815. The molecule has 0 N–H and O–H groups in total. The van der Waals surface area contributed by atoms with Crippen molar-refractivity contribution in [2.24, 2.45) is 0 Å². The van der Waals surface area contributed by atoms with E-state index in [1.165, 1.54) is 6.92 Å². The van der Waals surface area contributed by atoms with Crippen molar-refractivity contribution in [3.63, 3.8) is 0 Å². The molecule has 9 heavy (non-hydrogen) atoms. The Morgan fingerprint density at radius 2 is 2.22 bits per heavy atom. The lowest BCUT2D eigenvalue weighted by molar-refractivity contribution is -0.143. The molecule has 0 aliphatic rings. The second-order valence-electron chi connectivity index (χ2n) is 1.84. The summed E-state index contributed by atoms with van der Waals surface area (Å²) in [5.41, 5.74) is 0. The van der Waals surface area contributed by atoms with E-state index in [0.29, 0.717) is 0 Å². The minimum absolute atomic E-state index is 0.0903. The number of rotatable bonds is 2. The quantitative estimate of drug-likeness (QED) is 0.416. The maximum absolute atomic E-state index is 10.3. The van der Waals surface area contributed by atoms with Crippen LogP contribution in [-0.2, 0) is 9.53 Å². The van der Waals surface area contributed by atoms with Crippen LogP contribution in [0.4, 0.5) is 0 Å². The number of hydrogen-bond donors (Lipinski definition) is 0. The molecule has 1 unspecified atom stereocenters. The van der Waals surface area contributed by atoms with Crippen LogP contribution < -0.4 is 0 Å². The number of ether oxygens (including phenoxy) is 1. The Labute approximate surface area is 55.5 Å². The Hall–Kier alpha value is -0.790. The van der Waals surface area contributed by atoms with Gasteiger partial charge in [0.2, 0.25) is 0 Å². The average Bonchev–Trinajstić information content (AvgIpc) is 1.63. The first-order valence-corrected chi connectivity index (χ1v) is 2.97. The van der Waals surface area contributed by atoms with Crippen molar-refractivity contribution >= 4 is 5.97 Å². The second kappa shape index (κ2) is 4.13. The summed E-state index contributed by atoms with van der Waals surface area (Å²) in [6.07, 6.45) is 3.59. The van der Waals surface area contributed by atoms with Crippen molar-refractivity contribution < 1.29 is 9.53 Å². The third-order valence-corrected chi connectivity index (χ3v) is 0.815. The molecule has 0 fully saturated rings. The van der Waals surface area contributed by atoms with Gasteiger partial charge in [0.25, 0.3) is 0 Å². The van der Waals surface area contributed by atoms with E-state index < -0.39 is 0 Å². The molecule has 0 aromatic rings. The molecular formula is C7H12O2. The molecule has 52 valence electrons. The molecule has 0 aliphatic heterocycles. The van der Waals surface area contributed by atoms with E-state index in [2.05, 4.69) is 0 Å². The molecule has 2 heteroatoms. The first kappa shape index (κ1) is 8.21. The topological polar surface area (TPSA) is 26.3 Å². The van der Waals surface area contributed by atoms with Gasteiger partial charge in [0.05, 0.1) is 0 Å². The normalized spacial score (nSPS) is 13.7. The molecule has 1 atom stereocenters. The van der Waals surface area contributed by atoms with E-state index in [0.717, 1.165) is 0 Å². The van der Waals surface area contributed by atoms with Crippen LogP contribution in [-0.4, -0.2) is 12.1 Å². The number of esters is 1. The fraction of sp³-hybridized carbons (Fsp3) is 0.571. The SMILES string of the molecule is CC=CC(C)OC(C)=O. The number of allylic oxidation sites excluding steroid dienone is 1. The summed E-state index contributed by atoms with van der Waals surface area (Å²) in [4.78, 5) is 10.3. The molecular weight excluding hydrogens is 116 g/mol. The Morgan fingerprint density at radius 3 is 2.56 bits per heavy atom. The number of carbonyl (C=O) groups is 1. The van der Waals surface area contributed by atoms with Gasteiger partial charge in [-0.25, -0.2) is 0 Å². The largest absolute Gasteiger partial charge is 0.459 e. The highest BCUT2D eigenvalue weighted by Gasteiger charge is 1.97. The van der Waals surface area contributed by atoms with Crippen LogP contribution in [0.5, 0.6) is 0 Å². The molecule has 0 aromatic heterocycles. The summed E-state index contributed by atoms with van der Waals surface area (Å²) in [7, 11) is 0. The Morgan fingerprint density at radius 1 is 1.67 bits per heavy atom. The van der Waals surface area contributed by atoms with Crippen LogP contribution in [0.15, 0.2) is 12.2 Å². The van der Waals surface area contributed by atoms with Crippen LogP contribution in [0.1, 0.15) is 20.8 Å². The van der Waals surface area contributed by atoms with Gasteiger partial charge < -0.3 is 4.74 Å². The summed E-state index contributed by atoms with van der Waals surface area (Å²) in [6, 6.07) is 0. The van der Waals surface area contributed by atoms with E-state index in [1.807, 2.05) is 26.0 Å². The highest BCUT2D eigenvalue weighted by atomic mass is 16.5. The van der Waals surface area contributed by atoms with Gasteiger partial charge in [0.1, 0.15) is 6.10 Å². The van der Waals surface area contributed by atoms with Gasteiger partial charge in [-0.2, -0.15) is 0 Å². The monoisotopic (exact) mass is 128 g/mol. The molecule has 0 bridgehead atoms. The van der Waals surface area contributed by atoms with Crippen molar-refractivity contribution in [3.8, 4) is 0 Å². The van der Waals surface area contributed by atoms with Crippen LogP contribution in [0.3, 0.4) is 0 Å². The van der Waals surface area contributed by atoms with Crippen molar-refractivity contribution in [2.45, 2.75) is 26.9 Å². The van der Waals surface area contributed by atoms with Gasteiger partial charge in [-0.05, 0) is 19.9 Å². The van der Waals surface area contributed by atoms with E-state index in [1.54, 1.807) is 0 Å². The summed E-state index contributed by atoms with van der Waals surface area (Å²) in [5, 5.41) is 0. The van der Waals surface area contributed by atoms with Gasteiger partial charge in [-0.1, -0.05) is 6.08 Å². The van der Waals surface area contributed by atoms with E-state index in [9.17, 15) is 4.79 Å². The van der Waals surface area contributed by atoms with Gasteiger partial charge in [0, 0.05) is 6.92 Å². The molecule has 0 heterocycles. The molecule has 0 amide bonds. The standard InChI is InChI=1S/C7H12O2/c1-4-5-6(2)9-7(3)8/h4-6H,1-3H3. The van der Waals surface area contributed by atoms with Gasteiger partial charge in [0.15, 0.2) is 0 Å². The zero-order valence-electron chi connectivity index (χ0n) is 6.05. The molecule has 2 nitrogen and oxygen atoms in total. The maximum atomic E-state index is 10.3. The van der Waals surface area contributed by atoms with Crippen molar-refractivity contribution in [1.29, 1.82) is 0 Å². The number of carbonyl (C=O) groups excluding carboxylic acids is 1. The lowest BCUT2D eigenvalue weighted by Gasteiger charge is -2.04. The van der Waals surface area contributed by atoms with Crippen LogP contribution in [0, 0.1) is 0 Å². The van der Waals surface area contributed by atoms with E-state index in [-0.39, 0.29) is 12.1 Å². The van der Waals surface area contributed by atoms with E-state index in [4.69, 9.17) is 4.74 Å². The first-order chi connectivity index (χ1) is 4.16. The summed E-state index contributed by atoms with van der Waals surface area (Å²) >= 11 is 0. The minimum atomic E-state index is -0.236. The smallest absolute Gasteiger partial charge is 0.303 e. The zero-order valence-corrected chi connectivity index (χ0v) is 6.05. The Balaban J connectivity index is 3.50. The average molecular weight is 128 g/mol. The number of hydrogen-bond acceptors (Lipinski definition) is 2. The summed E-state index contributed by atoms with van der Waals surface area (Å²) in [6.45, 7) is 5.11. The summed E-state index contributed by atoms with van der Waals surface area (Å²) < 4.78 is 4.76. The molecule has 0 aliphatic carbocycles. The maximum Gasteiger partial charge on any atom is 0.303 e. The van der Waals surface area contributed by atoms with Gasteiger partial charge >= 0.3 is 5.97 Å². The minimum Gasteiger partial charge on any atom is -0.459 e. The van der Waals surface area contributed by atoms with Gasteiger partial charge in [-0.15, -0.1) is 0 Å². The van der Waals surface area contributed by atoms with Crippen LogP contribution in [0.25, 0.3) is 0 Å². The van der Waals surface area contributed by atoms with Gasteiger partial charge in [-0.3, -0.25) is 4.79 Å². The summed E-state index contributed by atoms with van der Waals surface area (Å²) in [5.74, 6) is -0.236. The fourth-order valence-corrected chi connectivity index (χ4v) is 0.572. The predicted molar refractivity (Wildman–Crippen MR) is 36.0 cm³/mol. The van der Waals surface area contributed by atoms with E-state index >= 15 is 0 Å². The molecule has 0 aromatic carbocycles. The molecule has 0 radical (unpaired) electrons. The second-order valence-corrected chi connectivity index (χ2v) is 1.84. The van der Waals surface area contributed by atoms with Crippen molar-refractivity contribution in [3.05, 3.63) is 12.2 Å². The third kappa shape index (κ3) is 5.07. The molecule has 0 rings (SSSR count). The van der Waals surface area contributed by atoms with Crippen LogP contribution in [0.2, 0.25) is 0 Å². The van der Waals surface area contributed by atoms with Crippen LogP contribution >= 0.6 is 0 Å². The molecule has 0 saturated carbocycles. The zero-order chi connectivity index (χ0) is 7.28. The van der Waals surface area contributed by atoms with Crippen molar-refractivity contribution in [1.82, 2.24) is 0 Å². The lowest BCUT2D eigenvalue weighted by atomic mass is 10.4. The highest BCUT2D eigenvalue weighted by molar-refractivity contribution is 5.66. The molecule has 0 saturated heterocycles. The Kier molecular flexibility index (Phi) is 3.76. The van der Waals surface area contributed by atoms with Crippen molar-refractivity contribution in [2.75, 3.05) is 0 Å². The highest BCUT2D eigenvalue weighted by Crippen LogP contribution is 1.91. The fourth-order valence-electron chi connectivity index (χ4n) is 0.572. The molecule has 0 spiro atoms. The predicted octanol–water partition coefficient (Wildman–Crippen LogP) is 1.51. The Bertz CT molecular complexity index is 116.